The standard InChI is InChI=1S/C26H25ClF3N3O3/c27-22-5-4-19(13-21(22)26(28,29)30)31-24(34)15-33-8-6-32(7-9-33)14-18-12-25(35)36-23-11-17-3-1-2-16(17)10-20(18)23/h4-5,10-13H,1-3,6-9,14-15H2,(H,31,34). The summed E-state index contributed by atoms with van der Waals surface area (Å²) in [6.45, 7) is 3.30. The summed E-state index contributed by atoms with van der Waals surface area (Å²) in [5.74, 6) is -0.389. The first-order chi connectivity index (χ1) is 17.2. The van der Waals surface area contributed by atoms with Gasteiger partial charge in [-0.15, -0.1) is 0 Å². The Hall–Kier alpha value is -2.88. The molecule has 1 amide bonds. The molecule has 2 aliphatic rings. The van der Waals surface area contributed by atoms with Crippen molar-refractivity contribution in [3.05, 3.63) is 74.1 Å². The van der Waals surface area contributed by atoms with Crippen LogP contribution < -0.4 is 10.9 Å². The maximum absolute atomic E-state index is 13.1. The number of fused-ring (bicyclic) bond motifs is 2. The Kier molecular flexibility index (Phi) is 6.80. The maximum Gasteiger partial charge on any atom is 0.417 e. The number of hydrogen-bond donors (Lipinski definition) is 1. The number of benzene rings is 2. The summed E-state index contributed by atoms with van der Waals surface area (Å²) in [5, 5.41) is 3.09. The highest BCUT2D eigenvalue weighted by molar-refractivity contribution is 6.31. The van der Waals surface area contributed by atoms with E-state index in [1.165, 1.54) is 17.2 Å². The molecule has 36 heavy (non-hydrogen) atoms. The Morgan fingerprint density at radius 2 is 1.69 bits per heavy atom. The highest BCUT2D eigenvalue weighted by Gasteiger charge is 2.33. The van der Waals surface area contributed by atoms with Crippen LogP contribution in [0.25, 0.3) is 11.0 Å². The summed E-state index contributed by atoms with van der Waals surface area (Å²) in [6.07, 6.45) is -1.43. The zero-order valence-corrected chi connectivity index (χ0v) is 20.2. The van der Waals surface area contributed by atoms with Crippen molar-refractivity contribution in [2.75, 3.05) is 38.0 Å². The fraction of sp³-hybridized carbons (Fsp3) is 0.385. The topological polar surface area (TPSA) is 65.8 Å². The minimum atomic E-state index is -4.60. The van der Waals surface area contributed by atoms with Crippen molar-refractivity contribution in [2.24, 2.45) is 0 Å². The molecule has 0 radical (unpaired) electrons. The first-order valence-electron chi connectivity index (χ1n) is 11.9. The number of hydrogen-bond acceptors (Lipinski definition) is 5. The van der Waals surface area contributed by atoms with Gasteiger partial charge >= 0.3 is 11.8 Å². The van der Waals surface area contributed by atoms with Gasteiger partial charge in [0, 0.05) is 49.9 Å². The van der Waals surface area contributed by atoms with Crippen molar-refractivity contribution < 1.29 is 22.4 Å². The molecule has 6 nitrogen and oxygen atoms in total. The van der Waals surface area contributed by atoms with E-state index in [1.54, 1.807) is 6.07 Å². The van der Waals surface area contributed by atoms with E-state index in [-0.39, 0.29) is 23.8 Å². The Morgan fingerprint density at radius 1 is 1.00 bits per heavy atom. The van der Waals surface area contributed by atoms with E-state index >= 15 is 0 Å². The summed E-state index contributed by atoms with van der Waals surface area (Å²) >= 11 is 5.64. The number of aryl methyl sites for hydroxylation is 2. The lowest BCUT2D eigenvalue weighted by atomic mass is 10.0. The molecule has 1 fully saturated rings. The van der Waals surface area contributed by atoms with Gasteiger partial charge in [-0.3, -0.25) is 14.6 Å². The summed E-state index contributed by atoms with van der Waals surface area (Å²) < 4.78 is 44.7. The average Bonchev–Trinajstić information content (AvgIpc) is 3.27. The van der Waals surface area contributed by atoms with Gasteiger partial charge in [0.05, 0.1) is 17.1 Å². The van der Waals surface area contributed by atoms with Crippen molar-refractivity contribution in [1.82, 2.24) is 9.80 Å². The lowest BCUT2D eigenvalue weighted by Crippen LogP contribution is -2.48. The van der Waals surface area contributed by atoms with Gasteiger partial charge in [0.1, 0.15) is 5.58 Å². The van der Waals surface area contributed by atoms with Crippen LogP contribution in [-0.4, -0.2) is 48.4 Å². The lowest BCUT2D eigenvalue weighted by Gasteiger charge is -2.34. The number of carbonyl (C=O) groups excluding carboxylic acids is 1. The van der Waals surface area contributed by atoms with Crippen LogP contribution in [0.15, 0.2) is 45.6 Å². The molecule has 0 unspecified atom stereocenters. The van der Waals surface area contributed by atoms with Crippen LogP contribution in [0, 0.1) is 0 Å². The minimum absolute atomic E-state index is 0.0524. The number of carbonyl (C=O) groups is 1. The molecule has 0 spiro atoms. The third-order valence-electron chi connectivity index (χ3n) is 6.82. The van der Waals surface area contributed by atoms with E-state index < -0.39 is 16.8 Å². The van der Waals surface area contributed by atoms with Crippen LogP contribution >= 0.6 is 11.6 Å². The predicted octanol–water partition coefficient (Wildman–Crippen LogP) is 4.71. The molecule has 0 bridgehead atoms. The van der Waals surface area contributed by atoms with Crippen LogP contribution in [0.5, 0.6) is 0 Å². The molecule has 1 N–H and O–H groups in total. The van der Waals surface area contributed by atoms with Crippen molar-refractivity contribution in [1.29, 1.82) is 0 Å². The average molecular weight is 520 g/mol. The van der Waals surface area contributed by atoms with Gasteiger partial charge in [0.2, 0.25) is 5.91 Å². The van der Waals surface area contributed by atoms with E-state index in [2.05, 4.69) is 16.3 Å². The van der Waals surface area contributed by atoms with Crippen LogP contribution in [0.1, 0.15) is 28.7 Å². The molecular formula is C26H25ClF3N3O3. The molecule has 1 aliphatic heterocycles. The number of nitrogens with one attached hydrogen (secondary N) is 1. The van der Waals surface area contributed by atoms with Gasteiger partial charge < -0.3 is 9.73 Å². The molecular weight excluding hydrogens is 495 g/mol. The molecule has 190 valence electrons. The summed E-state index contributed by atoms with van der Waals surface area (Å²) in [7, 11) is 0. The SMILES string of the molecule is O=C(CN1CCN(Cc2cc(=O)oc3cc4c(cc23)CCC4)CC1)Nc1ccc(Cl)c(C(F)(F)F)c1. The largest absolute Gasteiger partial charge is 0.423 e. The summed E-state index contributed by atoms with van der Waals surface area (Å²) in [5.41, 5.74) is 2.84. The van der Waals surface area contributed by atoms with Crippen LogP contribution in [0.2, 0.25) is 5.02 Å². The van der Waals surface area contributed by atoms with E-state index in [0.717, 1.165) is 42.3 Å². The molecule has 3 aromatic rings. The Bertz CT molecular complexity index is 1360. The first-order valence-corrected chi connectivity index (χ1v) is 12.2. The van der Waals surface area contributed by atoms with Gasteiger partial charge in [0.25, 0.3) is 0 Å². The number of amides is 1. The Labute approximate surface area is 210 Å². The van der Waals surface area contributed by atoms with Crippen molar-refractivity contribution in [3.8, 4) is 0 Å². The minimum Gasteiger partial charge on any atom is -0.423 e. The molecule has 0 atom stereocenters. The summed E-state index contributed by atoms with van der Waals surface area (Å²) in [6, 6.07) is 9.03. The van der Waals surface area contributed by atoms with Gasteiger partial charge in [-0.25, -0.2) is 4.79 Å². The second kappa shape index (κ2) is 9.88. The van der Waals surface area contributed by atoms with E-state index in [4.69, 9.17) is 16.0 Å². The molecule has 0 saturated carbocycles. The molecule has 1 aromatic heterocycles. The molecule has 10 heteroatoms. The number of alkyl halides is 3. The summed E-state index contributed by atoms with van der Waals surface area (Å²) in [4.78, 5) is 28.8. The van der Waals surface area contributed by atoms with E-state index in [9.17, 15) is 22.8 Å². The highest BCUT2D eigenvalue weighted by Crippen LogP contribution is 2.36. The van der Waals surface area contributed by atoms with Crippen LogP contribution in [0.3, 0.4) is 0 Å². The second-order valence-electron chi connectivity index (χ2n) is 9.35. The van der Waals surface area contributed by atoms with Crippen molar-refractivity contribution in [2.45, 2.75) is 32.0 Å². The molecule has 5 rings (SSSR count). The zero-order valence-electron chi connectivity index (χ0n) is 19.5. The van der Waals surface area contributed by atoms with Gasteiger partial charge in [0.15, 0.2) is 0 Å². The number of halogens is 4. The van der Waals surface area contributed by atoms with E-state index in [0.29, 0.717) is 38.3 Å². The van der Waals surface area contributed by atoms with Crippen molar-refractivity contribution in [3.63, 3.8) is 0 Å². The monoisotopic (exact) mass is 519 g/mol. The second-order valence-corrected chi connectivity index (χ2v) is 9.76. The third-order valence-corrected chi connectivity index (χ3v) is 7.15. The quantitative estimate of drug-likeness (QED) is 0.495. The third kappa shape index (κ3) is 5.43. The smallest absolute Gasteiger partial charge is 0.417 e. The van der Waals surface area contributed by atoms with E-state index in [1.807, 2.05) is 11.0 Å². The van der Waals surface area contributed by atoms with Gasteiger partial charge in [-0.2, -0.15) is 13.2 Å². The molecule has 1 saturated heterocycles. The Morgan fingerprint density at radius 3 is 2.42 bits per heavy atom. The van der Waals surface area contributed by atoms with Crippen LogP contribution in [-0.2, 0) is 30.4 Å². The van der Waals surface area contributed by atoms with Gasteiger partial charge in [-0.1, -0.05) is 11.6 Å². The number of anilines is 1. The molecule has 1 aliphatic carbocycles. The maximum atomic E-state index is 13.1. The zero-order chi connectivity index (χ0) is 25.4. The first kappa shape index (κ1) is 24.8. The number of rotatable bonds is 5. The van der Waals surface area contributed by atoms with Crippen LogP contribution in [0.4, 0.5) is 18.9 Å². The Balaban J connectivity index is 1.19. The highest BCUT2D eigenvalue weighted by atomic mass is 35.5. The fourth-order valence-electron chi connectivity index (χ4n) is 5.00. The molecule has 2 heterocycles. The predicted molar refractivity (Wildman–Crippen MR) is 131 cm³/mol. The normalized spacial score (nSPS) is 16.9. The number of nitrogens with zero attached hydrogens (tertiary/aromatic N) is 2. The van der Waals surface area contributed by atoms with Gasteiger partial charge in [-0.05, 0) is 66.3 Å². The molecule has 2 aromatic carbocycles. The number of piperazine rings is 1. The fourth-order valence-corrected chi connectivity index (χ4v) is 5.22. The van der Waals surface area contributed by atoms with Crippen molar-refractivity contribution >= 4 is 34.2 Å². The lowest BCUT2D eigenvalue weighted by molar-refractivity contribution is -0.137.